The molecule has 1 amide bonds. The number of likely N-dealkylation sites (N-methyl/N-ethyl adjacent to an activating group) is 1. The van der Waals surface area contributed by atoms with Crippen LogP contribution in [0.4, 0.5) is 0 Å². The van der Waals surface area contributed by atoms with Crippen LogP contribution in [0.2, 0.25) is 0 Å². The summed E-state index contributed by atoms with van der Waals surface area (Å²) >= 11 is 0. The minimum absolute atomic E-state index is 0.0299. The summed E-state index contributed by atoms with van der Waals surface area (Å²) in [6.07, 6.45) is 78.1. The fourth-order valence-electron chi connectivity index (χ4n) is 8.99. The number of nitrogens with zero attached hydrogens (tertiary/aromatic N) is 1. The van der Waals surface area contributed by atoms with Crippen LogP contribution in [-0.4, -0.2) is 69.4 Å². The summed E-state index contributed by atoms with van der Waals surface area (Å²) in [5, 5.41) is 3.02. The molecule has 0 aromatic carbocycles. The number of hydrogen-bond donors (Lipinski definition) is 1. The summed E-state index contributed by atoms with van der Waals surface area (Å²) in [5.41, 5.74) is 0. The third kappa shape index (κ3) is 59.4. The first-order valence-electron chi connectivity index (χ1n) is 32.5. The van der Waals surface area contributed by atoms with Crippen LogP contribution in [0.15, 0.2) is 97.2 Å². The van der Waals surface area contributed by atoms with Crippen molar-refractivity contribution in [3.63, 3.8) is 0 Å². The van der Waals surface area contributed by atoms with Crippen molar-refractivity contribution < 1.29 is 37.3 Å². The van der Waals surface area contributed by atoms with Crippen LogP contribution in [0.3, 0.4) is 0 Å². The van der Waals surface area contributed by atoms with Crippen LogP contribution in [0.1, 0.15) is 278 Å². The zero-order chi connectivity index (χ0) is 57.9. The predicted molar refractivity (Wildman–Crippen MR) is 339 cm³/mol. The van der Waals surface area contributed by atoms with Crippen LogP contribution in [-0.2, 0) is 27.9 Å². The average Bonchev–Trinajstić information content (AvgIpc) is 3.41. The largest absolute Gasteiger partial charge is 0.756 e. The molecule has 0 aromatic heterocycles. The van der Waals surface area contributed by atoms with E-state index in [1.807, 2.05) is 33.3 Å². The minimum atomic E-state index is -4.71. The van der Waals surface area contributed by atoms with Crippen molar-refractivity contribution >= 4 is 19.7 Å². The molecule has 0 spiro atoms. The van der Waals surface area contributed by atoms with E-state index in [0.29, 0.717) is 23.9 Å². The maximum atomic E-state index is 13.6. The van der Waals surface area contributed by atoms with E-state index in [1.54, 1.807) is 0 Å². The van der Waals surface area contributed by atoms with E-state index in [1.165, 1.54) is 122 Å². The number of phosphoric ester groups is 1. The molecule has 3 atom stereocenters. The first-order chi connectivity index (χ1) is 38.4. The van der Waals surface area contributed by atoms with E-state index < -0.39 is 26.6 Å². The van der Waals surface area contributed by atoms with Crippen molar-refractivity contribution in [3.05, 3.63) is 97.2 Å². The summed E-state index contributed by atoms with van der Waals surface area (Å²) < 4.78 is 30.3. The molecule has 0 rings (SSSR count). The number of ether oxygens (including phenoxy) is 1. The molecule has 0 aliphatic carbocycles. The van der Waals surface area contributed by atoms with E-state index in [2.05, 4.69) is 111 Å². The van der Waals surface area contributed by atoms with Crippen LogP contribution in [0, 0.1) is 0 Å². The van der Waals surface area contributed by atoms with Gasteiger partial charge in [0.15, 0.2) is 0 Å². The van der Waals surface area contributed by atoms with Crippen LogP contribution in [0.25, 0.3) is 0 Å². The highest BCUT2D eigenvalue weighted by Crippen LogP contribution is 2.38. The highest BCUT2D eigenvalue weighted by Gasteiger charge is 2.27. The highest BCUT2D eigenvalue weighted by atomic mass is 31.2. The van der Waals surface area contributed by atoms with Crippen molar-refractivity contribution in [2.45, 2.75) is 290 Å². The second-order valence-electron chi connectivity index (χ2n) is 22.9. The second kappa shape index (κ2) is 58.1. The highest BCUT2D eigenvalue weighted by molar-refractivity contribution is 7.45. The predicted octanol–water partition coefficient (Wildman–Crippen LogP) is 19.7. The van der Waals surface area contributed by atoms with Gasteiger partial charge in [-0.15, -0.1) is 0 Å². The van der Waals surface area contributed by atoms with Gasteiger partial charge in [0.2, 0.25) is 5.91 Å². The Labute approximate surface area is 488 Å². The zero-order valence-corrected chi connectivity index (χ0v) is 52.9. The lowest BCUT2D eigenvalue weighted by Crippen LogP contribution is -2.47. The lowest BCUT2D eigenvalue weighted by molar-refractivity contribution is -0.870. The molecule has 0 bridgehead atoms. The van der Waals surface area contributed by atoms with Gasteiger partial charge in [-0.1, -0.05) is 253 Å². The van der Waals surface area contributed by atoms with E-state index in [0.717, 1.165) is 116 Å². The molecule has 456 valence electrons. The van der Waals surface area contributed by atoms with Gasteiger partial charge < -0.3 is 28.5 Å². The molecule has 3 unspecified atom stereocenters. The summed E-state index contributed by atoms with van der Waals surface area (Å²) in [6.45, 7) is 6.71. The number of carbonyl (C=O) groups is 2. The Bertz CT molecular complexity index is 1670. The van der Waals surface area contributed by atoms with Gasteiger partial charge in [-0.05, 0) is 109 Å². The Kier molecular flexibility index (Phi) is 55.9. The summed E-state index contributed by atoms with van der Waals surface area (Å²) in [6, 6.07) is -0.904. The number of unbranched alkanes of at least 4 members (excludes halogenated alkanes) is 28. The molecule has 0 heterocycles. The standard InChI is InChI=1S/C69H123N2O7P/c1-7-10-13-16-19-22-25-28-29-30-31-32-33-34-35-36-37-38-39-40-41-44-46-49-52-55-58-61-68(72)70-66(65-77-79(74,75)76-64-63-71(4,5)6)67(60-57-54-51-48-45-42-26-23-20-17-14-11-8-2)78-69(73)62-59-56-53-50-47-43-27-24-21-18-15-12-9-3/h10,13,19,22,28-29,31-32,34-35,37-38,43,47,57,60,66-67H,7-9,11-12,14-18,20-21,23-27,30,33,36,39-42,44-46,48-56,58-59,61-65H2,1-6H3,(H-,70,72,74,75)/b13-10-,22-19-,29-28-,32-31-,35-34-,38-37-,47-43-,60-57-. The number of phosphoric acid groups is 1. The number of hydrogen-bond acceptors (Lipinski definition) is 7. The molecule has 0 radical (unpaired) electrons. The summed E-state index contributed by atoms with van der Waals surface area (Å²) in [7, 11) is 1.16. The molecular formula is C69H123N2O7P. The van der Waals surface area contributed by atoms with Gasteiger partial charge in [-0.25, -0.2) is 0 Å². The van der Waals surface area contributed by atoms with Gasteiger partial charge in [-0.2, -0.15) is 0 Å². The molecule has 0 saturated carbocycles. The molecule has 1 N–H and O–H groups in total. The zero-order valence-electron chi connectivity index (χ0n) is 52.1. The third-order valence-electron chi connectivity index (χ3n) is 14.0. The lowest BCUT2D eigenvalue weighted by atomic mass is 10.0. The van der Waals surface area contributed by atoms with Crippen LogP contribution >= 0.6 is 7.82 Å². The maximum Gasteiger partial charge on any atom is 0.306 e. The Balaban J connectivity index is 5.15. The van der Waals surface area contributed by atoms with Crippen molar-refractivity contribution in [1.29, 1.82) is 0 Å². The molecule has 9 nitrogen and oxygen atoms in total. The molecule has 0 aromatic rings. The quantitative estimate of drug-likeness (QED) is 0.0212. The van der Waals surface area contributed by atoms with Gasteiger partial charge in [0.05, 0.1) is 33.8 Å². The molecule has 0 aliphatic heterocycles. The smallest absolute Gasteiger partial charge is 0.306 e. The van der Waals surface area contributed by atoms with Gasteiger partial charge >= 0.3 is 5.97 Å². The second-order valence-corrected chi connectivity index (χ2v) is 24.3. The Hall–Kier alpha value is -3.07. The van der Waals surface area contributed by atoms with Crippen molar-refractivity contribution in [2.24, 2.45) is 0 Å². The van der Waals surface area contributed by atoms with Crippen molar-refractivity contribution in [1.82, 2.24) is 5.32 Å². The van der Waals surface area contributed by atoms with E-state index in [9.17, 15) is 19.0 Å². The Morgan fingerprint density at radius 3 is 1.24 bits per heavy atom. The topological polar surface area (TPSA) is 114 Å². The maximum absolute atomic E-state index is 13.6. The molecule has 0 saturated heterocycles. The molecular weight excluding hydrogens is 1000 g/mol. The van der Waals surface area contributed by atoms with Crippen molar-refractivity contribution in [2.75, 3.05) is 40.9 Å². The molecule has 0 aliphatic rings. The van der Waals surface area contributed by atoms with Gasteiger partial charge in [0, 0.05) is 12.8 Å². The SMILES string of the molecule is CC/C=C\C/C=C\C/C=C\C/C=C\C/C=C\C/C=C\CCCCCCCCCCC(=O)NC(COP(=O)([O-])OCC[N+](C)(C)C)C(/C=C\CCCCCCCCCCCCC)OC(=O)CCCCC/C=C\CCCCCCCC. The van der Waals surface area contributed by atoms with Gasteiger partial charge in [0.25, 0.3) is 7.82 Å². The minimum Gasteiger partial charge on any atom is -0.756 e. The fraction of sp³-hybridized carbons (Fsp3) is 0.739. The molecule has 10 heteroatoms. The van der Waals surface area contributed by atoms with Crippen LogP contribution in [0.5, 0.6) is 0 Å². The number of nitrogens with one attached hydrogen (secondary N) is 1. The monoisotopic (exact) mass is 1120 g/mol. The number of rotatable bonds is 58. The molecule has 79 heavy (non-hydrogen) atoms. The lowest BCUT2D eigenvalue weighted by Gasteiger charge is -2.30. The Morgan fingerprint density at radius 1 is 0.456 bits per heavy atom. The van der Waals surface area contributed by atoms with Gasteiger partial charge in [-0.3, -0.25) is 14.2 Å². The third-order valence-corrected chi connectivity index (χ3v) is 15.0. The average molecular weight is 1120 g/mol. The van der Waals surface area contributed by atoms with Gasteiger partial charge in [0.1, 0.15) is 19.3 Å². The van der Waals surface area contributed by atoms with Crippen molar-refractivity contribution in [3.8, 4) is 0 Å². The first kappa shape index (κ1) is 75.9. The van der Waals surface area contributed by atoms with Crippen LogP contribution < -0.4 is 10.2 Å². The number of quaternary nitrogens is 1. The fourth-order valence-corrected chi connectivity index (χ4v) is 9.71. The van der Waals surface area contributed by atoms with E-state index in [-0.39, 0.29) is 24.9 Å². The summed E-state index contributed by atoms with van der Waals surface area (Å²) in [4.78, 5) is 40.0. The Morgan fingerprint density at radius 2 is 0.810 bits per heavy atom. The van der Waals surface area contributed by atoms with E-state index in [4.69, 9.17) is 13.8 Å². The number of esters is 1. The normalized spacial score (nSPS) is 14.3. The first-order valence-corrected chi connectivity index (χ1v) is 34.0. The summed E-state index contributed by atoms with van der Waals surface area (Å²) in [5.74, 6) is -0.570. The molecule has 0 fully saturated rings. The van der Waals surface area contributed by atoms with E-state index >= 15 is 0 Å². The number of allylic oxidation sites excluding steroid dienone is 15. The number of amides is 1. The number of carbonyl (C=O) groups excluding carboxylic acids is 2.